The average Bonchev–Trinajstić information content (AvgIpc) is 2.98. The minimum absolute atomic E-state index is 0.158. The number of pyridine rings is 2. The van der Waals surface area contributed by atoms with Gasteiger partial charge in [0.05, 0.1) is 34.5 Å². The van der Waals surface area contributed by atoms with Crippen LogP contribution in [0.3, 0.4) is 0 Å². The number of carbonyl (C=O) groups is 1. The number of rotatable bonds is 4. The van der Waals surface area contributed by atoms with Gasteiger partial charge in [0.2, 0.25) is 0 Å². The molecule has 4 rings (SSSR count). The Kier molecular flexibility index (Phi) is 4.16. The first-order chi connectivity index (χ1) is 12.5. The van der Waals surface area contributed by atoms with E-state index in [9.17, 15) is 9.90 Å². The molecule has 1 aliphatic rings. The van der Waals surface area contributed by atoms with Gasteiger partial charge >= 0.3 is 0 Å². The van der Waals surface area contributed by atoms with Crippen molar-refractivity contribution in [3.8, 4) is 0 Å². The maximum atomic E-state index is 13.1. The molecule has 0 radical (unpaired) electrons. The number of fused-ring (bicyclic) bond motifs is 1. The summed E-state index contributed by atoms with van der Waals surface area (Å²) in [6.07, 6.45) is 2.71. The highest BCUT2D eigenvalue weighted by atomic mass is 16.5. The first-order valence-electron chi connectivity index (χ1n) is 8.66. The van der Waals surface area contributed by atoms with Crippen LogP contribution in [0.5, 0.6) is 0 Å². The highest BCUT2D eigenvalue weighted by Gasteiger charge is 2.36. The summed E-state index contributed by atoms with van der Waals surface area (Å²) in [5, 5.41) is 17.3. The van der Waals surface area contributed by atoms with E-state index in [1.807, 2.05) is 25.1 Å². The molecular formula is C19H20N4O3. The van der Waals surface area contributed by atoms with Crippen molar-refractivity contribution in [2.24, 2.45) is 5.92 Å². The van der Waals surface area contributed by atoms with Crippen LogP contribution in [0.25, 0.3) is 11.1 Å². The van der Waals surface area contributed by atoms with Gasteiger partial charge < -0.3 is 14.9 Å². The highest BCUT2D eigenvalue weighted by molar-refractivity contribution is 6.06. The van der Waals surface area contributed by atoms with E-state index in [0.29, 0.717) is 40.9 Å². The maximum Gasteiger partial charge on any atom is 0.258 e. The van der Waals surface area contributed by atoms with Crippen molar-refractivity contribution in [1.29, 1.82) is 0 Å². The second-order valence-electron chi connectivity index (χ2n) is 6.85. The van der Waals surface area contributed by atoms with E-state index in [2.05, 4.69) is 20.4 Å². The third-order valence-electron chi connectivity index (χ3n) is 4.90. The fourth-order valence-electron chi connectivity index (χ4n) is 3.51. The summed E-state index contributed by atoms with van der Waals surface area (Å²) in [5.74, 6) is -0.0605. The molecule has 0 spiro atoms. The molecule has 1 amide bonds. The molecule has 7 nitrogen and oxygen atoms in total. The summed E-state index contributed by atoms with van der Waals surface area (Å²) >= 11 is 0. The van der Waals surface area contributed by atoms with Gasteiger partial charge in [0.25, 0.3) is 11.6 Å². The molecule has 0 saturated heterocycles. The summed E-state index contributed by atoms with van der Waals surface area (Å²) in [6, 6.07) is 7.13. The summed E-state index contributed by atoms with van der Waals surface area (Å²) in [5.41, 5.74) is 2.97. The van der Waals surface area contributed by atoms with Crippen molar-refractivity contribution < 1.29 is 14.4 Å². The predicted octanol–water partition coefficient (Wildman–Crippen LogP) is 2.48. The number of aromatic nitrogens is 3. The number of hydrogen-bond acceptors (Lipinski definition) is 6. The first kappa shape index (κ1) is 16.7. The van der Waals surface area contributed by atoms with Crippen LogP contribution in [0.2, 0.25) is 0 Å². The van der Waals surface area contributed by atoms with Gasteiger partial charge in [-0.15, -0.1) is 0 Å². The molecule has 134 valence electrons. The number of amides is 1. The third kappa shape index (κ3) is 2.94. The van der Waals surface area contributed by atoms with Crippen LogP contribution >= 0.6 is 0 Å². The zero-order chi connectivity index (χ0) is 18.3. The van der Waals surface area contributed by atoms with Crippen molar-refractivity contribution in [3.05, 3.63) is 53.1 Å². The van der Waals surface area contributed by atoms with E-state index in [1.54, 1.807) is 19.2 Å². The van der Waals surface area contributed by atoms with Crippen molar-refractivity contribution in [2.75, 3.05) is 0 Å². The standard InChI is InChI=1S/C19H20N4O3/c1-10-7-14(16-11(2)23-26-19(16)21-10)18(25)22-17(12-8-13(24)9-12)15-5-3-4-6-20-15/h3-7,12-13,17,24H,8-9H2,1-2H3,(H,22,25)/t12?,13?,17-/m0/s1. The van der Waals surface area contributed by atoms with Crippen LogP contribution in [-0.2, 0) is 0 Å². The van der Waals surface area contributed by atoms with Crippen LogP contribution < -0.4 is 5.32 Å². The number of carbonyl (C=O) groups excluding carboxylic acids is 1. The van der Waals surface area contributed by atoms with E-state index in [1.165, 1.54) is 0 Å². The molecule has 0 unspecified atom stereocenters. The molecule has 0 aromatic carbocycles. The van der Waals surface area contributed by atoms with E-state index in [4.69, 9.17) is 4.52 Å². The second-order valence-corrected chi connectivity index (χ2v) is 6.85. The minimum Gasteiger partial charge on any atom is -0.393 e. The molecule has 0 bridgehead atoms. The van der Waals surface area contributed by atoms with E-state index in [-0.39, 0.29) is 24.0 Å². The summed E-state index contributed by atoms with van der Waals surface area (Å²) in [4.78, 5) is 21.8. The Bertz CT molecular complexity index is 948. The van der Waals surface area contributed by atoms with Gasteiger partial charge in [-0.05, 0) is 50.8 Å². The zero-order valence-electron chi connectivity index (χ0n) is 14.6. The Morgan fingerprint density at radius 3 is 2.85 bits per heavy atom. The number of aliphatic hydroxyl groups excluding tert-OH is 1. The lowest BCUT2D eigenvalue weighted by Gasteiger charge is -2.37. The average molecular weight is 352 g/mol. The molecule has 3 heterocycles. The van der Waals surface area contributed by atoms with Crippen LogP contribution in [0.1, 0.15) is 46.3 Å². The van der Waals surface area contributed by atoms with Gasteiger partial charge in [0.1, 0.15) is 0 Å². The number of hydrogen-bond donors (Lipinski definition) is 2. The van der Waals surface area contributed by atoms with Gasteiger partial charge in [0.15, 0.2) is 0 Å². The smallest absolute Gasteiger partial charge is 0.258 e. The third-order valence-corrected chi connectivity index (χ3v) is 4.90. The quantitative estimate of drug-likeness (QED) is 0.748. The van der Waals surface area contributed by atoms with Gasteiger partial charge in [-0.25, -0.2) is 4.98 Å². The minimum atomic E-state index is -0.307. The monoisotopic (exact) mass is 352 g/mol. The molecule has 2 N–H and O–H groups in total. The predicted molar refractivity (Wildman–Crippen MR) is 94.5 cm³/mol. The molecule has 3 aromatic rings. The van der Waals surface area contributed by atoms with Gasteiger partial charge in [-0.2, -0.15) is 0 Å². The lowest BCUT2D eigenvalue weighted by atomic mass is 9.76. The Balaban J connectivity index is 1.68. The van der Waals surface area contributed by atoms with Gasteiger partial charge in [0, 0.05) is 11.9 Å². The fourth-order valence-corrected chi connectivity index (χ4v) is 3.51. The van der Waals surface area contributed by atoms with Crippen LogP contribution in [-0.4, -0.2) is 32.2 Å². The molecule has 0 aliphatic heterocycles. The van der Waals surface area contributed by atoms with Crippen molar-refractivity contribution >= 4 is 17.0 Å². The number of aryl methyl sites for hydroxylation is 2. The Hall–Kier alpha value is -2.80. The number of nitrogens with zero attached hydrogens (tertiary/aromatic N) is 3. The summed E-state index contributed by atoms with van der Waals surface area (Å²) in [7, 11) is 0. The normalized spacial score (nSPS) is 20.6. The second kappa shape index (κ2) is 6.49. The SMILES string of the molecule is Cc1cc(C(=O)N[C@H](c2ccccn2)C2CC(O)C2)c2c(C)noc2n1. The van der Waals surface area contributed by atoms with Crippen LogP contribution in [0, 0.1) is 19.8 Å². The zero-order valence-corrected chi connectivity index (χ0v) is 14.6. The summed E-state index contributed by atoms with van der Waals surface area (Å²) < 4.78 is 5.22. The molecule has 1 saturated carbocycles. The number of aliphatic hydroxyl groups is 1. The molecular weight excluding hydrogens is 332 g/mol. The Morgan fingerprint density at radius 2 is 2.15 bits per heavy atom. The lowest BCUT2D eigenvalue weighted by Crippen LogP contribution is -2.41. The maximum absolute atomic E-state index is 13.1. The molecule has 1 fully saturated rings. The van der Waals surface area contributed by atoms with E-state index >= 15 is 0 Å². The molecule has 7 heteroatoms. The number of nitrogens with one attached hydrogen (secondary N) is 1. The van der Waals surface area contributed by atoms with Crippen molar-refractivity contribution in [1.82, 2.24) is 20.4 Å². The molecule has 1 aliphatic carbocycles. The van der Waals surface area contributed by atoms with Gasteiger partial charge in [-0.3, -0.25) is 9.78 Å². The lowest BCUT2D eigenvalue weighted by molar-refractivity contribution is 0.0228. The van der Waals surface area contributed by atoms with Crippen LogP contribution in [0.4, 0.5) is 0 Å². The van der Waals surface area contributed by atoms with E-state index in [0.717, 1.165) is 5.69 Å². The Labute approximate surface area is 150 Å². The highest BCUT2D eigenvalue weighted by Crippen LogP contribution is 2.37. The topological polar surface area (TPSA) is 101 Å². The van der Waals surface area contributed by atoms with Crippen molar-refractivity contribution in [3.63, 3.8) is 0 Å². The molecule has 26 heavy (non-hydrogen) atoms. The molecule has 3 aromatic heterocycles. The Morgan fingerprint density at radius 1 is 1.35 bits per heavy atom. The first-order valence-corrected chi connectivity index (χ1v) is 8.66. The van der Waals surface area contributed by atoms with Gasteiger partial charge in [-0.1, -0.05) is 11.2 Å². The van der Waals surface area contributed by atoms with Crippen molar-refractivity contribution in [2.45, 2.75) is 38.8 Å². The largest absolute Gasteiger partial charge is 0.393 e. The van der Waals surface area contributed by atoms with Crippen LogP contribution in [0.15, 0.2) is 35.0 Å². The molecule has 1 atom stereocenters. The van der Waals surface area contributed by atoms with E-state index < -0.39 is 0 Å². The summed E-state index contributed by atoms with van der Waals surface area (Å²) in [6.45, 7) is 3.60. The fraction of sp³-hybridized carbons (Fsp3) is 0.368.